The lowest BCUT2D eigenvalue weighted by Gasteiger charge is -2.04. The van der Waals surface area contributed by atoms with Gasteiger partial charge in [0.25, 0.3) is 0 Å². The molecule has 0 radical (unpaired) electrons. The molecule has 64 valence electrons. The van der Waals surface area contributed by atoms with Crippen LogP contribution in [0.1, 0.15) is 22.8 Å². The first-order chi connectivity index (χ1) is 5.52. The van der Waals surface area contributed by atoms with Crippen molar-refractivity contribution in [3.63, 3.8) is 0 Å². The van der Waals surface area contributed by atoms with Crippen molar-refractivity contribution in [2.24, 2.45) is 0 Å². The second-order valence-electron chi connectivity index (χ2n) is 2.74. The highest BCUT2D eigenvalue weighted by Gasteiger charge is 2.09. The average Bonchev–Trinajstić information content (AvgIpc) is 1.96. The number of aryl methyl sites for hydroxylation is 1. The summed E-state index contributed by atoms with van der Waals surface area (Å²) in [4.78, 5) is 11.4. The van der Waals surface area contributed by atoms with Gasteiger partial charge in [0.05, 0.1) is 5.56 Å². The molecule has 0 saturated carbocycles. The molecule has 12 heavy (non-hydrogen) atoms. The summed E-state index contributed by atoms with van der Waals surface area (Å²) in [6, 6.07) is 3.36. The van der Waals surface area contributed by atoms with Crippen LogP contribution >= 0.6 is 12.6 Å². The highest BCUT2D eigenvalue weighted by atomic mass is 32.1. The van der Waals surface area contributed by atoms with Gasteiger partial charge in [-0.25, -0.2) is 0 Å². The number of hydrogen-bond acceptors (Lipinski definition) is 3. The molecule has 1 N–H and O–H groups in total. The number of phenols is 1. The van der Waals surface area contributed by atoms with Crippen LogP contribution in [0.3, 0.4) is 0 Å². The van der Waals surface area contributed by atoms with Crippen molar-refractivity contribution in [1.29, 1.82) is 0 Å². The van der Waals surface area contributed by atoms with E-state index >= 15 is 0 Å². The second-order valence-corrected chi connectivity index (χ2v) is 3.22. The molecule has 1 rings (SSSR count). The lowest BCUT2D eigenvalue weighted by molar-refractivity contribution is 0.101. The minimum atomic E-state index is -0.147. The van der Waals surface area contributed by atoms with Crippen LogP contribution in [0, 0.1) is 6.92 Å². The first-order valence-electron chi connectivity index (χ1n) is 3.56. The van der Waals surface area contributed by atoms with Crippen molar-refractivity contribution >= 4 is 18.4 Å². The summed E-state index contributed by atoms with van der Waals surface area (Å²) >= 11 is 4.03. The SMILES string of the molecule is CC(=O)c1cc(C)cc(S)c1O. The van der Waals surface area contributed by atoms with Crippen LogP contribution in [0.2, 0.25) is 0 Å². The number of carbonyl (C=O) groups excluding carboxylic acids is 1. The molecule has 0 spiro atoms. The number of carbonyl (C=O) groups is 1. The Morgan fingerprint density at radius 2 is 2.08 bits per heavy atom. The molecule has 0 aliphatic heterocycles. The van der Waals surface area contributed by atoms with Crippen molar-refractivity contribution in [3.8, 4) is 5.75 Å². The maximum Gasteiger partial charge on any atom is 0.163 e. The summed E-state index contributed by atoms with van der Waals surface area (Å²) in [6.07, 6.45) is 0. The maximum absolute atomic E-state index is 11.0. The minimum absolute atomic E-state index is 0.0311. The predicted octanol–water partition coefficient (Wildman–Crippen LogP) is 2.19. The lowest BCUT2D eigenvalue weighted by Crippen LogP contribution is -1.94. The highest BCUT2D eigenvalue weighted by molar-refractivity contribution is 7.80. The summed E-state index contributed by atoms with van der Waals surface area (Å²) < 4.78 is 0. The van der Waals surface area contributed by atoms with Crippen molar-refractivity contribution < 1.29 is 9.90 Å². The van der Waals surface area contributed by atoms with Gasteiger partial charge < -0.3 is 5.11 Å². The largest absolute Gasteiger partial charge is 0.506 e. The van der Waals surface area contributed by atoms with E-state index in [0.717, 1.165) is 5.56 Å². The Morgan fingerprint density at radius 3 is 2.58 bits per heavy atom. The number of benzene rings is 1. The van der Waals surface area contributed by atoms with Gasteiger partial charge in [0.15, 0.2) is 5.78 Å². The Kier molecular flexibility index (Phi) is 2.43. The van der Waals surface area contributed by atoms with Crippen molar-refractivity contribution in [2.75, 3.05) is 0 Å². The Balaban J connectivity index is 3.37. The number of hydrogen-bond donors (Lipinski definition) is 2. The van der Waals surface area contributed by atoms with Gasteiger partial charge >= 0.3 is 0 Å². The van der Waals surface area contributed by atoms with Gasteiger partial charge in [-0.1, -0.05) is 0 Å². The fraction of sp³-hybridized carbons (Fsp3) is 0.222. The Morgan fingerprint density at radius 1 is 1.50 bits per heavy atom. The third-order valence-corrected chi connectivity index (χ3v) is 1.95. The molecule has 0 unspecified atom stereocenters. The normalized spacial score (nSPS) is 9.92. The van der Waals surface area contributed by atoms with E-state index in [9.17, 15) is 9.90 Å². The number of aromatic hydroxyl groups is 1. The lowest BCUT2D eigenvalue weighted by atomic mass is 10.1. The molecule has 0 amide bonds. The molecule has 2 nitrogen and oxygen atoms in total. The first kappa shape index (κ1) is 9.13. The van der Waals surface area contributed by atoms with Gasteiger partial charge in [-0.3, -0.25) is 4.79 Å². The van der Waals surface area contributed by atoms with Crippen LogP contribution in [0.5, 0.6) is 5.75 Å². The standard InChI is InChI=1S/C9H10O2S/c1-5-3-7(6(2)10)9(11)8(12)4-5/h3-4,11-12H,1-2H3. The summed E-state index contributed by atoms with van der Waals surface area (Å²) in [7, 11) is 0. The molecule has 0 saturated heterocycles. The molecule has 0 aliphatic rings. The summed E-state index contributed by atoms with van der Waals surface area (Å²) in [6.45, 7) is 3.27. The summed E-state index contributed by atoms with van der Waals surface area (Å²) in [5, 5.41) is 9.40. The summed E-state index contributed by atoms with van der Waals surface area (Å²) in [5.74, 6) is -0.178. The zero-order valence-electron chi connectivity index (χ0n) is 6.96. The van der Waals surface area contributed by atoms with Gasteiger partial charge in [0, 0.05) is 4.90 Å². The first-order valence-corrected chi connectivity index (χ1v) is 4.00. The highest BCUT2D eigenvalue weighted by Crippen LogP contribution is 2.27. The van der Waals surface area contributed by atoms with Gasteiger partial charge in [-0.2, -0.15) is 0 Å². The number of Topliss-reactive ketones (excluding diaryl/α,β-unsaturated/α-hetero) is 1. The zero-order chi connectivity index (χ0) is 9.30. The van der Waals surface area contributed by atoms with Crippen LogP contribution < -0.4 is 0 Å². The van der Waals surface area contributed by atoms with Crippen LogP contribution in [-0.2, 0) is 0 Å². The average molecular weight is 182 g/mol. The fourth-order valence-electron chi connectivity index (χ4n) is 1.03. The molecular formula is C9H10O2S. The third-order valence-electron chi connectivity index (χ3n) is 1.61. The monoisotopic (exact) mass is 182 g/mol. The molecule has 1 aromatic rings. The van der Waals surface area contributed by atoms with E-state index in [4.69, 9.17) is 0 Å². The van der Waals surface area contributed by atoms with Crippen molar-refractivity contribution in [3.05, 3.63) is 23.3 Å². The summed E-state index contributed by atoms with van der Waals surface area (Å²) in [5.41, 5.74) is 1.25. The van der Waals surface area contributed by atoms with Crippen LogP contribution in [0.4, 0.5) is 0 Å². The topological polar surface area (TPSA) is 37.3 Å². The van der Waals surface area contributed by atoms with E-state index in [1.165, 1.54) is 6.92 Å². The van der Waals surface area contributed by atoms with Crippen molar-refractivity contribution in [2.45, 2.75) is 18.7 Å². The van der Waals surface area contributed by atoms with Gasteiger partial charge in [-0.05, 0) is 31.5 Å². The minimum Gasteiger partial charge on any atom is -0.506 e. The molecule has 0 aliphatic carbocycles. The van der Waals surface area contributed by atoms with E-state index in [1.54, 1.807) is 12.1 Å². The molecule has 1 aromatic carbocycles. The maximum atomic E-state index is 11.0. The molecule has 0 aromatic heterocycles. The quantitative estimate of drug-likeness (QED) is 0.516. The molecule has 0 heterocycles. The van der Waals surface area contributed by atoms with E-state index < -0.39 is 0 Å². The Labute approximate surface area is 76.6 Å². The second kappa shape index (κ2) is 3.19. The van der Waals surface area contributed by atoms with Gasteiger partial charge in [-0.15, -0.1) is 12.6 Å². The van der Waals surface area contributed by atoms with Gasteiger partial charge in [0.1, 0.15) is 5.75 Å². The molecule has 0 fully saturated rings. The van der Waals surface area contributed by atoms with E-state index in [2.05, 4.69) is 12.6 Å². The van der Waals surface area contributed by atoms with E-state index in [1.807, 2.05) is 6.92 Å². The smallest absolute Gasteiger partial charge is 0.163 e. The number of ketones is 1. The number of phenolic OH excluding ortho intramolecular Hbond substituents is 1. The van der Waals surface area contributed by atoms with Crippen LogP contribution in [0.25, 0.3) is 0 Å². The molecular weight excluding hydrogens is 172 g/mol. The molecule has 3 heteroatoms. The zero-order valence-corrected chi connectivity index (χ0v) is 7.85. The Hall–Kier alpha value is -0.960. The fourth-order valence-corrected chi connectivity index (χ4v) is 1.35. The van der Waals surface area contributed by atoms with Crippen LogP contribution in [-0.4, -0.2) is 10.9 Å². The van der Waals surface area contributed by atoms with E-state index in [0.29, 0.717) is 10.5 Å². The van der Waals surface area contributed by atoms with Crippen LogP contribution in [0.15, 0.2) is 17.0 Å². The number of rotatable bonds is 1. The van der Waals surface area contributed by atoms with Crippen molar-refractivity contribution in [1.82, 2.24) is 0 Å². The number of thiol groups is 1. The molecule has 0 bridgehead atoms. The van der Waals surface area contributed by atoms with Gasteiger partial charge in [0.2, 0.25) is 0 Å². The Bertz CT molecular complexity index is 332. The van der Waals surface area contributed by atoms with E-state index in [-0.39, 0.29) is 11.5 Å². The third kappa shape index (κ3) is 1.61. The predicted molar refractivity (Wildman–Crippen MR) is 50.1 cm³/mol. The molecule has 0 atom stereocenters.